The number of nitrogens with one attached hydrogen (secondary N) is 2. The van der Waals surface area contributed by atoms with Crippen LogP contribution in [-0.2, 0) is 10.5 Å². The molecule has 0 bridgehead atoms. The Labute approximate surface area is 172 Å². The molecule has 4 rings (SSSR count). The number of halogens is 1. The Balaban J connectivity index is 1.33. The van der Waals surface area contributed by atoms with Crippen LogP contribution in [-0.4, -0.2) is 21.6 Å². The van der Waals surface area contributed by atoms with Gasteiger partial charge in [0, 0.05) is 22.0 Å². The van der Waals surface area contributed by atoms with Gasteiger partial charge in [0.05, 0.1) is 16.8 Å². The number of H-pyrrole nitrogens is 1. The maximum absolute atomic E-state index is 12.2. The van der Waals surface area contributed by atoms with Crippen LogP contribution in [0.2, 0.25) is 5.02 Å². The predicted molar refractivity (Wildman–Crippen MR) is 118 cm³/mol. The van der Waals surface area contributed by atoms with Gasteiger partial charge in [-0.2, -0.15) is 0 Å². The molecule has 1 heterocycles. The summed E-state index contributed by atoms with van der Waals surface area (Å²) in [6, 6.07) is 23.3. The molecule has 0 saturated carbocycles. The highest BCUT2D eigenvalue weighted by atomic mass is 35.5. The van der Waals surface area contributed by atoms with Crippen molar-refractivity contribution in [3.8, 4) is 11.4 Å². The minimum Gasteiger partial charge on any atom is -0.338 e. The number of amides is 1. The Bertz CT molecular complexity index is 1080. The SMILES string of the molecule is O=C(CSCc1ccccc1Cl)Nc1ccc(-c2nc3ccccc3[nH]2)cc1. The molecule has 3 aromatic carbocycles. The lowest BCUT2D eigenvalue weighted by Crippen LogP contribution is -2.14. The van der Waals surface area contributed by atoms with E-state index in [2.05, 4.69) is 15.3 Å². The number of aromatic amines is 1. The molecule has 4 aromatic rings. The van der Waals surface area contributed by atoms with Crippen LogP contribution in [0.3, 0.4) is 0 Å². The second kappa shape index (κ2) is 8.50. The van der Waals surface area contributed by atoms with Gasteiger partial charge in [0.25, 0.3) is 0 Å². The van der Waals surface area contributed by atoms with E-state index in [0.717, 1.165) is 38.7 Å². The van der Waals surface area contributed by atoms with Crippen molar-refractivity contribution in [1.82, 2.24) is 9.97 Å². The number of benzene rings is 3. The molecule has 0 saturated heterocycles. The lowest BCUT2D eigenvalue weighted by molar-refractivity contribution is -0.113. The third-order valence-electron chi connectivity index (χ3n) is 4.28. The normalized spacial score (nSPS) is 10.9. The molecule has 0 atom stereocenters. The fourth-order valence-electron chi connectivity index (χ4n) is 2.87. The number of imidazole rings is 1. The molecule has 0 radical (unpaired) electrons. The van der Waals surface area contributed by atoms with E-state index in [1.807, 2.05) is 72.8 Å². The molecule has 0 aliphatic rings. The van der Waals surface area contributed by atoms with Gasteiger partial charge in [-0.3, -0.25) is 4.79 Å². The zero-order valence-corrected chi connectivity index (χ0v) is 16.6. The van der Waals surface area contributed by atoms with Crippen molar-refractivity contribution in [2.75, 3.05) is 11.1 Å². The fraction of sp³-hybridized carbons (Fsp3) is 0.0909. The average Bonchev–Trinajstić information content (AvgIpc) is 3.14. The highest BCUT2D eigenvalue weighted by Gasteiger charge is 2.07. The summed E-state index contributed by atoms with van der Waals surface area (Å²) in [5, 5.41) is 3.66. The van der Waals surface area contributed by atoms with Crippen LogP contribution in [0.15, 0.2) is 72.8 Å². The lowest BCUT2D eigenvalue weighted by atomic mass is 10.2. The fourth-order valence-corrected chi connectivity index (χ4v) is 3.98. The third kappa shape index (κ3) is 4.38. The van der Waals surface area contributed by atoms with E-state index in [0.29, 0.717) is 11.5 Å². The summed E-state index contributed by atoms with van der Waals surface area (Å²) in [5.41, 5.74) is 4.72. The van der Waals surface area contributed by atoms with Gasteiger partial charge in [-0.15, -0.1) is 11.8 Å². The van der Waals surface area contributed by atoms with E-state index >= 15 is 0 Å². The molecule has 0 aliphatic carbocycles. The number of anilines is 1. The molecular weight excluding hydrogens is 390 g/mol. The number of rotatable bonds is 6. The zero-order valence-electron chi connectivity index (χ0n) is 15.0. The predicted octanol–water partition coefficient (Wildman–Crippen LogP) is 5.76. The van der Waals surface area contributed by atoms with Crippen molar-refractivity contribution in [1.29, 1.82) is 0 Å². The van der Waals surface area contributed by atoms with Crippen molar-refractivity contribution >= 4 is 46.0 Å². The van der Waals surface area contributed by atoms with Crippen molar-refractivity contribution < 1.29 is 4.79 Å². The summed E-state index contributed by atoms with van der Waals surface area (Å²) in [7, 11) is 0. The molecule has 4 nitrogen and oxygen atoms in total. The summed E-state index contributed by atoms with van der Waals surface area (Å²) in [5.74, 6) is 1.86. The molecule has 1 amide bonds. The summed E-state index contributed by atoms with van der Waals surface area (Å²) in [6.45, 7) is 0. The van der Waals surface area contributed by atoms with Crippen molar-refractivity contribution in [2.45, 2.75) is 5.75 Å². The Hall–Kier alpha value is -2.76. The number of carbonyl (C=O) groups excluding carboxylic acids is 1. The topological polar surface area (TPSA) is 57.8 Å². The standard InChI is InChI=1S/C22H18ClN3OS/c23-18-6-2-1-5-16(18)13-28-14-21(27)24-17-11-9-15(10-12-17)22-25-19-7-3-4-8-20(19)26-22/h1-12H,13-14H2,(H,24,27)(H,25,26). The van der Waals surface area contributed by atoms with E-state index in [1.54, 1.807) is 0 Å². The molecular formula is C22H18ClN3OS. The van der Waals surface area contributed by atoms with E-state index < -0.39 is 0 Å². The third-order valence-corrected chi connectivity index (χ3v) is 5.63. The van der Waals surface area contributed by atoms with Gasteiger partial charge in [0.2, 0.25) is 5.91 Å². The van der Waals surface area contributed by atoms with Gasteiger partial charge in [-0.05, 0) is 48.0 Å². The quantitative estimate of drug-likeness (QED) is 0.427. The monoisotopic (exact) mass is 407 g/mol. The molecule has 0 fully saturated rings. The molecule has 0 aliphatic heterocycles. The Morgan fingerprint density at radius 2 is 1.75 bits per heavy atom. The molecule has 0 spiro atoms. The van der Waals surface area contributed by atoms with Gasteiger partial charge in [0.15, 0.2) is 0 Å². The highest BCUT2D eigenvalue weighted by molar-refractivity contribution is 7.99. The first kappa shape index (κ1) is 18.6. The molecule has 6 heteroatoms. The smallest absolute Gasteiger partial charge is 0.234 e. The lowest BCUT2D eigenvalue weighted by Gasteiger charge is -2.07. The highest BCUT2D eigenvalue weighted by Crippen LogP contribution is 2.23. The molecule has 0 unspecified atom stereocenters. The maximum atomic E-state index is 12.2. The van der Waals surface area contributed by atoms with Crippen LogP contribution in [0.25, 0.3) is 22.4 Å². The second-order valence-corrected chi connectivity index (χ2v) is 7.71. The van der Waals surface area contributed by atoms with Gasteiger partial charge in [0.1, 0.15) is 5.82 Å². The molecule has 140 valence electrons. The summed E-state index contributed by atoms with van der Waals surface area (Å²) in [6.07, 6.45) is 0. The first-order valence-corrected chi connectivity index (χ1v) is 10.4. The summed E-state index contributed by atoms with van der Waals surface area (Å²) >= 11 is 7.68. The zero-order chi connectivity index (χ0) is 19.3. The van der Waals surface area contributed by atoms with Crippen LogP contribution < -0.4 is 5.32 Å². The Morgan fingerprint density at radius 3 is 2.54 bits per heavy atom. The van der Waals surface area contributed by atoms with E-state index in [1.165, 1.54) is 11.8 Å². The van der Waals surface area contributed by atoms with Gasteiger partial charge >= 0.3 is 0 Å². The van der Waals surface area contributed by atoms with Crippen LogP contribution in [0, 0.1) is 0 Å². The van der Waals surface area contributed by atoms with E-state index in [-0.39, 0.29) is 5.91 Å². The van der Waals surface area contributed by atoms with Crippen LogP contribution in [0.5, 0.6) is 0 Å². The number of carbonyl (C=O) groups is 1. The van der Waals surface area contributed by atoms with E-state index in [4.69, 9.17) is 11.6 Å². The Kier molecular flexibility index (Phi) is 5.65. The molecule has 1 aromatic heterocycles. The number of thioether (sulfide) groups is 1. The van der Waals surface area contributed by atoms with Crippen LogP contribution >= 0.6 is 23.4 Å². The number of aromatic nitrogens is 2. The number of fused-ring (bicyclic) bond motifs is 1. The minimum atomic E-state index is -0.0338. The van der Waals surface area contributed by atoms with Crippen LogP contribution in [0.1, 0.15) is 5.56 Å². The Morgan fingerprint density at radius 1 is 1.00 bits per heavy atom. The largest absolute Gasteiger partial charge is 0.338 e. The molecule has 28 heavy (non-hydrogen) atoms. The van der Waals surface area contributed by atoms with Gasteiger partial charge in [-0.1, -0.05) is 41.9 Å². The van der Waals surface area contributed by atoms with E-state index in [9.17, 15) is 4.79 Å². The maximum Gasteiger partial charge on any atom is 0.234 e. The van der Waals surface area contributed by atoms with Crippen molar-refractivity contribution in [2.24, 2.45) is 0 Å². The van der Waals surface area contributed by atoms with Crippen molar-refractivity contribution in [3.63, 3.8) is 0 Å². The first-order chi connectivity index (χ1) is 13.7. The number of para-hydroxylation sites is 2. The number of hydrogen-bond acceptors (Lipinski definition) is 3. The van der Waals surface area contributed by atoms with Gasteiger partial charge in [-0.25, -0.2) is 4.98 Å². The second-order valence-electron chi connectivity index (χ2n) is 6.31. The molecule has 2 N–H and O–H groups in total. The minimum absolute atomic E-state index is 0.0338. The number of nitrogens with zero attached hydrogens (tertiary/aromatic N) is 1. The van der Waals surface area contributed by atoms with Crippen LogP contribution in [0.4, 0.5) is 5.69 Å². The number of hydrogen-bond donors (Lipinski definition) is 2. The first-order valence-electron chi connectivity index (χ1n) is 8.85. The van der Waals surface area contributed by atoms with Crippen molar-refractivity contribution in [3.05, 3.63) is 83.4 Å². The summed E-state index contributed by atoms with van der Waals surface area (Å²) in [4.78, 5) is 20.1. The summed E-state index contributed by atoms with van der Waals surface area (Å²) < 4.78 is 0. The van der Waals surface area contributed by atoms with Gasteiger partial charge < -0.3 is 10.3 Å². The average molecular weight is 408 g/mol.